The van der Waals surface area contributed by atoms with Crippen LogP contribution in [0, 0.1) is 12.8 Å². The van der Waals surface area contributed by atoms with Gasteiger partial charge in [-0.05, 0) is 55.0 Å². The van der Waals surface area contributed by atoms with E-state index in [0.29, 0.717) is 24.8 Å². The second-order valence-corrected chi connectivity index (χ2v) is 8.82. The van der Waals surface area contributed by atoms with Crippen LogP contribution in [0.3, 0.4) is 0 Å². The molecule has 5 rings (SSSR count). The summed E-state index contributed by atoms with van der Waals surface area (Å²) in [4.78, 5) is 23.2. The minimum atomic E-state index is -0.323. The van der Waals surface area contributed by atoms with E-state index in [1.807, 2.05) is 6.07 Å². The highest BCUT2D eigenvalue weighted by Gasteiger charge is 2.35. The average molecular weight is 446 g/mol. The number of likely N-dealkylation sites (tertiary alicyclic amines) is 1. The van der Waals surface area contributed by atoms with Gasteiger partial charge in [-0.25, -0.2) is 4.79 Å². The van der Waals surface area contributed by atoms with E-state index in [1.54, 1.807) is 35.6 Å². The van der Waals surface area contributed by atoms with E-state index in [9.17, 15) is 4.79 Å². The Labute approximate surface area is 192 Å². The number of fused-ring (bicyclic) bond motifs is 2. The van der Waals surface area contributed by atoms with Crippen molar-refractivity contribution in [2.24, 2.45) is 5.92 Å². The first kappa shape index (κ1) is 20.7. The van der Waals surface area contributed by atoms with Crippen LogP contribution in [0.15, 0.2) is 55.0 Å². The maximum atomic E-state index is 12.6. The first-order valence-electron chi connectivity index (χ1n) is 10.9. The Morgan fingerprint density at radius 3 is 2.75 bits per heavy atom. The Hall–Kier alpha value is -3.18. The molecule has 2 aromatic heterocycles. The molecule has 1 amide bonds. The quantitative estimate of drug-likeness (QED) is 0.488. The van der Waals surface area contributed by atoms with Crippen LogP contribution in [0.5, 0.6) is 5.75 Å². The molecular formula is C26H24ClN3O2. The summed E-state index contributed by atoms with van der Waals surface area (Å²) < 4.78 is 5.48. The minimum Gasteiger partial charge on any atom is -0.409 e. The number of hydrogen-bond acceptors (Lipinski definition) is 4. The maximum Gasteiger partial charge on any atom is 0.415 e. The Morgan fingerprint density at radius 1 is 1.12 bits per heavy atom. The molecule has 1 fully saturated rings. The van der Waals surface area contributed by atoms with Gasteiger partial charge in [0.05, 0.1) is 16.9 Å². The number of aromatic nitrogens is 2. The fraction of sp³-hybridized carbons (Fsp3) is 0.269. The average Bonchev–Trinajstić information content (AvgIpc) is 2.97. The highest BCUT2D eigenvalue weighted by Crippen LogP contribution is 2.43. The molecule has 5 nitrogen and oxygen atoms in total. The standard InChI is InChI=1S/C26H24ClN3O2/c1-17-4-6-21-19(15-17)5-7-22-23(27)8-12-29-25(22)24(21)18-9-13-30(14-10-18)26(31)32-20-3-2-11-28-16-20/h2-8,11-12,15-16,18,24H,9-10,13-14H2,1H3. The zero-order valence-corrected chi connectivity index (χ0v) is 18.6. The van der Waals surface area contributed by atoms with Crippen molar-refractivity contribution < 1.29 is 9.53 Å². The summed E-state index contributed by atoms with van der Waals surface area (Å²) in [6.07, 6.45) is 10.6. The molecule has 3 heterocycles. The normalized spacial score (nSPS) is 17.9. The molecule has 1 atom stereocenters. The number of amides is 1. The first-order chi connectivity index (χ1) is 15.6. The van der Waals surface area contributed by atoms with Gasteiger partial charge in [0.2, 0.25) is 0 Å². The molecule has 1 saturated heterocycles. The second-order valence-electron chi connectivity index (χ2n) is 8.42. The van der Waals surface area contributed by atoms with Gasteiger partial charge in [0.15, 0.2) is 5.75 Å². The highest BCUT2D eigenvalue weighted by atomic mass is 35.5. The van der Waals surface area contributed by atoms with Gasteiger partial charge in [0.25, 0.3) is 0 Å². The van der Waals surface area contributed by atoms with Crippen LogP contribution in [0.2, 0.25) is 5.02 Å². The van der Waals surface area contributed by atoms with Crippen LogP contribution in [0.1, 0.15) is 46.7 Å². The van der Waals surface area contributed by atoms with Crippen molar-refractivity contribution in [1.82, 2.24) is 14.9 Å². The fourth-order valence-electron chi connectivity index (χ4n) is 4.79. The molecule has 3 aromatic rings. The zero-order valence-electron chi connectivity index (χ0n) is 17.9. The van der Waals surface area contributed by atoms with E-state index in [-0.39, 0.29) is 12.0 Å². The lowest BCUT2D eigenvalue weighted by atomic mass is 9.76. The van der Waals surface area contributed by atoms with Crippen LogP contribution in [0.4, 0.5) is 4.79 Å². The third kappa shape index (κ3) is 4.00. The van der Waals surface area contributed by atoms with E-state index in [4.69, 9.17) is 21.3 Å². The predicted molar refractivity (Wildman–Crippen MR) is 126 cm³/mol. The van der Waals surface area contributed by atoms with Gasteiger partial charge >= 0.3 is 6.09 Å². The molecular weight excluding hydrogens is 422 g/mol. The number of carbonyl (C=O) groups excluding carboxylic acids is 1. The van der Waals surface area contributed by atoms with Crippen molar-refractivity contribution in [3.63, 3.8) is 0 Å². The van der Waals surface area contributed by atoms with Crippen LogP contribution < -0.4 is 4.74 Å². The van der Waals surface area contributed by atoms with E-state index >= 15 is 0 Å². The molecule has 0 N–H and O–H groups in total. The van der Waals surface area contributed by atoms with Crippen molar-refractivity contribution in [3.05, 3.63) is 88.0 Å². The molecule has 0 saturated carbocycles. The minimum absolute atomic E-state index is 0.130. The summed E-state index contributed by atoms with van der Waals surface area (Å²) in [5.74, 6) is 0.945. The van der Waals surface area contributed by atoms with E-state index < -0.39 is 0 Å². The van der Waals surface area contributed by atoms with E-state index in [0.717, 1.165) is 29.1 Å². The lowest BCUT2D eigenvalue weighted by molar-refractivity contribution is 0.128. The smallest absolute Gasteiger partial charge is 0.409 e. The lowest BCUT2D eigenvalue weighted by Crippen LogP contribution is -2.41. The van der Waals surface area contributed by atoms with E-state index in [2.05, 4.69) is 42.3 Å². The summed E-state index contributed by atoms with van der Waals surface area (Å²) in [6, 6.07) is 11.9. The van der Waals surface area contributed by atoms with Crippen LogP contribution in [0.25, 0.3) is 12.2 Å². The van der Waals surface area contributed by atoms with Crippen LogP contribution >= 0.6 is 11.6 Å². The van der Waals surface area contributed by atoms with Gasteiger partial charge in [-0.1, -0.05) is 47.5 Å². The van der Waals surface area contributed by atoms with Crippen molar-refractivity contribution in [1.29, 1.82) is 0 Å². The van der Waals surface area contributed by atoms with Gasteiger partial charge in [-0.2, -0.15) is 0 Å². The summed E-state index contributed by atoms with van der Waals surface area (Å²) >= 11 is 6.57. The fourth-order valence-corrected chi connectivity index (χ4v) is 5.00. The highest BCUT2D eigenvalue weighted by molar-refractivity contribution is 6.32. The molecule has 6 heteroatoms. The second kappa shape index (κ2) is 8.75. The number of nitrogens with zero attached hydrogens (tertiary/aromatic N) is 3. The summed E-state index contributed by atoms with van der Waals surface area (Å²) in [7, 11) is 0. The van der Waals surface area contributed by atoms with Crippen molar-refractivity contribution in [3.8, 4) is 5.75 Å². The number of rotatable bonds is 2. The Kier molecular flexibility index (Phi) is 5.66. The Morgan fingerprint density at radius 2 is 1.97 bits per heavy atom. The van der Waals surface area contributed by atoms with Crippen molar-refractivity contribution in [2.75, 3.05) is 13.1 Å². The van der Waals surface area contributed by atoms with E-state index in [1.165, 1.54) is 16.7 Å². The van der Waals surface area contributed by atoms with Gasteiger partial charge in [-0.15, -0.1) is 0 Å². The number of carbonyl (C=O) groups is 1. The van der Waals surface area contributed by atoms with Gasteiger partial charge < -0.3 is 9.64 Å². The third-order valence-electron chi connectivity index (χ3n) is 6.38. The van der Waals surface area contributed by atoms with Crippen LogP contribution in [-0.2, 0) is 0 Å². The summed E-state index contributed by atoms with van der Waals surface area (Å²) in [5, 5.41) is 0.721. The molecule has 162 valence electrons. The summed E-state index contributed by atoms with van der Waals surface area (Å²) in [6.45, 7) is 3.40. The monoisotopic (exact) mass is 445 g/mol. The van der Waals surface area contributed by atoms with Crippen molar-refractivity contribution in [2.45, 2.75) is 25.7 Å². The maximum absolute atomic E-state index is 12.6. The molecule has 1 unspecified atom stereocenters. The molecule has 1 aliphatic heterocycles. The molecule has 32 heavy (non-hydrogen) atoms. The predicted octanol–water partition coefficient (Wildman–Crippen LogP) is 5.97. The molecule has 1 aromatic carbocycles. The first-order valence-corrected chi connectivity index (χ1v) is 11.3. The number of piperidine rings is 1. The number of hydrogen-bond donors (Lipinski definition) is 0. The number of ether oxygens (including phenoxy) is 1. The Balaban J connectivity index is 1.40. The summed E-state index contributed by atoms with van der Waals surface area (Å²) in [5.41, 5.74) is 5.73. The number of aryl methyl sites for hydroxylation is 1. The van der Waals surface area contributed by atoms with Crippen LogP contribution in [-0.4, -0.2) is 34.1 Å². The molecule has 0 bridgehead atoms. The zero-order chi connectivity index (χ0) is 22.1. The largest absolute Gasteiger partial charge is 0.415 e. The molecule has 2 aliphatic rings. The lowest BCUT2D eigenvalue weighted by Gasteiger charge is -2.36. The van der Waals surface area contributed by atoms with Gasteiger partial charge in [0, 0.05) is 37.0 Å². The van der Waals surface area contributed by atoms with Gasteiger partial charge in [-0.3, -0.25) is 9.97 Å². The molecule has 0 radical (unpaired) electrons. The molecule has 0 spiro atoms. The number of benzene rings is 1. The molecule has 1 aliphatic carbocycles. The number of halogens is 1. The Bertz CT molecular complexity index is 1170. The number of pyridine rings is 2. The topological polar surface area (TPSA) is 55.3 Å². The third-order valence-corrected chi connectivity index (χ3v) is 6.71. The van der Waals surface area contributed by atoms with Crippen molar-refractivity contribution >= 4 is 29.8 Å². The van der Waals surface area contributed by atoms with Gasteiger partial charge in [0.1, 0.15) is 0 Å². The SMILES string of the molecule is Cc1ccc2c(c1)C=Cc1c(Cl)ccnc1C2C1CCN(C(=O)Oc2cccnc2)CC1.